The van der Waals surface area contributed by atoms with E-state index < -0.39 is 18.6 Å². The van der Waals surface area contributed by atoms with E-state index >= 15 is 0 Å². The number of nitrogens with zero attached hydrogens (tertiary/aromatic N) is 2. The highest BCUT2D eigenvalue weighted by Gasteiger charge is 2.24. The lowest BCUT2D eigenvalue weighted by atomic mass is 10.3. The van der Waals surface area contributed by atoms with Crippen LogP contribution in [0.25, 0.3) is 11.0 Å². The summed E-state index contributed by atoms with van der Waals surface area (Å²) in [5.41, 5.74) is 0.753. The highest BCUT2D eigenvalue weighted by Crippen LogP contribution is 2.28. The zero-order valence-corrected chi connectivity index (χ0v) is 12.4. The summed E-state index contributed by atoms with van der Waals surface area (Å²) < 4.78 is 32.7. The molecule has 3 rings (SSSR count). The predicted molar refractivity (Wildman–Crippen MR) is 79.1 cm³/mol. The van der Waals surface area contributed by atoms with Crippen LogP contribution in [0.2, 0.25) is 0 Å². The van der Waals surface area contributed by atoms with Crippen LogP contribution in [0.15, 0.2) is 41.8 Å². The van der Waals surface area contributed by atoms with Crippen LogP contribution in [0.5, 0.6) is 0 Å². The second kappa shape index (κ2) is 5.84. The lowest BCUT2D eigenvalue weighted by Crippen LogP contribution is -2.14. The second-order valence-corrected chi connectivity index (χ2v) is 5.58. The average molecular weight is 322 g/mol. The van der Waals surface area contributed by atoms with Crippen molar-refractivity contribution in [3.05, 3.63) is 52.5 Å². The van der Waals surface area contributed by atoms with Gasteiger partial charge in [0.15, 0.2) is 11.9 Å². The Morgan fingerprint density at radius 2 is 2.05 bits per heavy atom. The first-order chi connectivity index (χ1) is 10.6. The molecule has 0 aliphatic carbocycles. The summed E-state index contributed by atoms with van der Waals surface area (Å²) >= 11 is 1.23. The number of fused-ring (bicyclic) bond motifs is 1. The number of benzene rings is 1. The fourth-order valence-electron chi connectivity index (χ4n) is 2.22. The number of halogens is 2. The molecule has 1 aromatic carbocycles. The SMILES string of the molecule is CC(OC(=O)c1cccs1)c1nc2ccccc2n1C(F)F. The molecule has 22 heavy (non-hydrogen) atoms. The molecular weight excluding hydrogens is 310 g/mol. The molecule has 0 N–H and O–H groups in total. The Labute approximate surface area is 129 Å². The summed E-state index contributed by atoms with van der Waals surface area (Å²) in [6, 6.07) is 9.93. The minimum absolute atomic E-state index is 0.0288. The molecule has 2 heterocycles. The van der Waals surface area contributed by atoms with E-state index in [0.29, 0.717) is 15.9 Å². The number of para-hydroxylation sites is 2. The van der Waals surface area contributed by atoms with Crippen LogP contribution < -0.4 is 0 Å². The van der Waals surface area contributed by atoms with Crippen LogP contribution in [0.1, 0.15) is 35.1 Å². The van der Waals surface area contributed by atoms with E-state index in [2.05, 4.69) is 4.98 Å². The number of thiophene rings is 1. The minimum Gasteiger partial charge on any atom is -0.450 e. The normalized spacial score (nSPS) is 12.7. The second-order valence-electron chi connectivity index (χ2n) is 4.63. The van der Waals surface area contributed by atoms with Crippen molar-refractivity contribution in [2.24, 2.45) is 0 Å². The van der Waals surface area contributed by atoms with E-state index in [9.17, 15) is 13.6 Å². The van der Waals surface area contributed by atoms with Crippen LogP contribution in [0.4, 0.5) is 8.78 Å². The molecule has 0 saturated heterocycles. The Balaban J connectivity index is 1.95. The number of carbonyl (C=O) groups is 1. The third kappa shape index (κ3) is 2.59. The Kier molecular flexibility index (Phi) is 3.89. The number of carbonyl (C=O) groups excluding carboxylic acids is 1. The van der Waals surface area contributed by atoms with Gasteiger partial charge < -0.3 is 4.74 Å². The number of rotatable bonds is 4. The number of ether oxygens (including phenoxy) is 1. The van der Waals surface area contributed by atoms with Crippen molar-refractivity contribution in [1.29, 1.82) is 0 Å². The molecule has 4 nitrogen and oxygen atoms in total. The quantitative estimate of drug-likeness (QED) is 0.668. The molecule has 1 atom stereocenters. The Morgan fingerprint density at radius 3 is 2.73 bits per heavy atom. The van der Waals surface area contributed by atoms with Crippen LogP contribution in [0.3, 0.4) is 0 Å². The van der Waals surface area contributed by atoms with E-state index in [1.54, 1.807) is 41.8 Å². The standard InChI is InChI=1S/C15H12F2N2O2S/c1-9(21-14(20)12-7-4-8-22-12)13-18-10-5-2-3-6-11(10)19(13)15(16)17/h2-9,15H,1H3. The molecule has 0 radical (unpaired) electrons. The average Bonchev–Trinajstić information content (AvgIpc) is 3.14. The monoisotopic (exact) mass is 322 g/mol. The highest BCUT2D eigenvalue weighted by atomic mass is 32.1. The molecule has 0 aliphatic heterocycles. The van der Waals surface area contributed by atoms with Crippen molar-refractivity contribution in [1.82, 2.24) is 9.55 Å². The number of aromatic nitrogens is 2. The number of hydrogen-bond acceptors (Lipinski definition) is 4. The fraction of sp³-hybridized carbons (Fsp3) is 0.200. The molecule has 114 valence electrons. The first-order valence-electron chi connectivity index (χ1n) is 6.57. The fourth-order valence-corrected chi connectivity index (χ4v) is 2.83. The van der Waals surface area contributed by atoms with Crippen molar-refractivity contribution >= 4 is 28.3 Å². The number of imidazole rings is 1. The number of hydrogen-bond donors (Lipinski definition) is 0. The van der Waals surface area contributed by atoms with Gasteiger partial charge in [-0.15, -0.1) is 11.3 Å². The van der Waals surface area contributed by atoms with Gasteiger partial charge in [0.25, 0.3) is 0 Å². The topological polar surface area (TPSA) is 44.1 Å². The summed E-state index contributed by atoms with van der Waals surface area (Å²) in [6.45, 7) is -1.23. The summed E-state index contributed by atoms with van der Waals surface area (Å²) in [4.78, 5) is 16.5. The Morgan fingerprint density at radius 1 is 1.27 bits per heavy atom. The van der Waals surface area contributed by atoms with Gasteiger partial charge in [-0.3, -0.25) is 4.57 Å². The maximum atomic E-state index is 13.3. The summed E-state index contributed by atoms with van der Waals surface area (Å²) in [5, 5.41) is 1.75. The van der Waals surface area contributed by atoms with E-state index in [1.807, 2.05) is 0 Å². The first kappa shape index (κ1) is 14.6. The van der Waals surface area contributed by atoms with E-state index in [1.165, 1.54) is 18.3 Å². The smallest absolute Gasteiger partial charge is 0.349 e. The zero-order chi connectivity index (χ0) is 15.7. The van der Waals surface area contributed by atoms with E-state index in [0.717, 1.165) is 4.57 Å². The third-order valence-corrected chi connectivity index (χ3v) is 4.04. The van der Waals surface area contributed by atoms with Crippen molar-refractivity contribution in [3.63, 3.8) is 0 Å². The van der Waals surface area contributed by atoms with Gasteiger partial charge in [0.2, 0.25) is 0 Å². The maximum absolute atomic E-state index is 13.3. The molecular formula is C15H12F2N2O2S. The van der Waals surface area contributed by atoms with Gasteiger partial charge in [-0.25, -0.2) is 9.78 Å². The Hall–Kier alpha value is -2.28. The van der Waals surface area contributed by atoms with Gasteiger partial charge in [-0.05, 0) is 30.5 Å². The van der Waals surface area contributed by atoms with Crippen molar-refractivity contribution in [2.45, 2.75) is 19.6 Å². The number of esters is 1. The van der Waals surface area contributed by atoms with E-state index in [4.69, 9.17) is 4.74 Å². The maximum Gasteiger partial charge on any atom is 0.349 e. The molecule has 0 spiro atoms. The van der Waals surface area contributed by atoms with Gasteiger partial charge in [0, 0.05) is 0 Å². The van der Waals surface area contributed by atoms with Crippen LogP contribution in [-0.2, 0) is 4.74 Å². The highest BCUT2D eigenvalue weighted by molar-refractivity contribution is 7.11. The molecule has 0 aliphatic rings. The minimum atomic E-state index is -2.76. The van der Waals surface area contributed by atoms with Crippen LogP contribution in [-0.4, -0.2) is 15.5 Å². The summed E-state index contributed by atoms with van der Waals surface area (Å²) in [5.74, 6) is -0.517. The third-order valence-electron chi connectivity index (χ3n) is 3.19. The predicted octanol–water partition coefficient (Wildman–Crippen LogP) is 4.41. The van der Waals surface area contributed by atoms with Crippen LogP contribution >= 0.6 is 11.3 Å². The molecule has 0 amide bonds. The van der Waals surface area contributed by atoms with Gasteiger partial charge >= 0.3 is 12.5 Å². The molecule has 3 aromatic rings. The lowest BCUT2D eigenvalue weighted by molar-refractivity contribution is 0.0238. The molecule has 2 aromatic heterocycles. The van der Waals surface area contributed by atoms with Gasteiger partial charge in [-0.1, -0.05) is 18.2 Å². The molecule has 0 fully saturated rings. The van der Waals surface area contributed by atoms with Crippen molar-refractivity contribution in [3.8, 4) is 0 Å². The van der Waals surface area contributed by atoms with Crippen molar-refractivity contribution < 1.29 is 18.3 Å². The number of alkyl halides is 2. The molecule has 0 saturated carbocycles. The summed E-state index contributed by atoms with van der Waals surface area (Å²) in [6.07, 6.45) is -0.879. The summed E-state index contributed by atoms with van der Waals surface area (Å²) in [7, 11) is 0. The van der Waals surface area contributed by atoms with Gasteiger partial charge in [0.05, 0.1) is 11.0 Å². The largest absolute Gasteiger partial charge is 0.450 e. The Bertz CT molecular complexity index is 799. The van der Waals surface area contributed by atoms with Gasteiger partial charge in [0.1, 0.15) is 4.88 Å². The lowest BCUT2D eigenvalue weighted by Gasteiger charge is -2.14. The van der Waals surface area contributed by atoms with Gasteiger partial charge in [-0.2, -0.15) is 8.78 Å². The van der Waals surface area contributed by atoms with Crippen LogP contribution in [0, 0.1) is 0 Å². The zero-order valence-electron chi connectivity index (χ0n) is 11.6. The molecule has 7 heteroatoms. The van der Waals surface area contributed by atoms with E-state index in [-0.39, 0.29) is 5.82 Å². The molecule has 0 bridgehead atoms. The van der Waals surface area contributed by atoms with Crippen molar-refractivity contribution in [2.75, 3.05) is 0 Å². The molecule has 1 unspecified atom stereocenters. The first-order valence-corrected chi connectivity index (χ1v) is 7.45.